The van der Waals surface area contributed by atoms with Gasteiger partial charge in [-0.05, 0) is 105 Å². The molecule has 1 saturated carbocycles. The number of nitrogens with zero attached hydrogens (tertiary/aromatic N) is 8. The standard InChI is InChI=1S/C50H53N11O7/c62-40-14-13-38(47(64)56-40)60-48(65)37-8-4-7-36(42(37)49(60)66)44(50(67)68)61-39(32-17-21-58(61)22-18-32)26-57-19-15-31(16-20-57)30-9-11-33(12-10-30)55-45-43-46(52-27-51-45)59(28-53-43)35-24-34(25-35)54-41(63)23-29-5-2-1-3-6-29/h1-12,27-28,31-32,34-35,38-39,44H,13-26H2,(H,54,63)(H,67,68)(H,51,52,55)(H,56,62,64)/t34?,35?,38-,39+,44-/m0/s1. The summed E-state index contributed by atoms with van der Waals surface area (Å²) in [6.07, 6.45) is 9.12. The van der Waals surface area contributed by atoms with Crippen molar-refractivity contribution in [2.75, 3.05) is 38.0 Å². The van der Waals surface area contributed by atoms with Gasteiger partial charge in [-0.25, -0.2) is 25.0 Å². The minimum atomic E-state index is -1.23. The third-order valence-corrected chi connectivity index (χ3v) is 15.1. The second-order valence-electron chi connectivity index (χ2n) is 19.1. The summed E-state index contributed by atoms with van der Waals surface area (Å²) in [7, 11) is 0. The van der Waals surface area contributed by atoms with E-state index in [1.807, 2.05) is 41.7 Å². The van der Waals surface area contributed by atoms with Gasteiger partial charge in [0.05, 0.1) is 23.9 Å². The van der Waals surface area contributed by atoms with Gasteiger partial charge in [-0.15, -0.1) is 0 Å². The summed E-state index contributed by atoms with van der Waals surface area (Å²) >= 11 is 0. The van der Waals surface area contributed by atoms with Gasteiger partial charge in [-0.3, -0.25) is 39.0 Å². The molecule has 68 heavy (non-hydrogen) atoms. The average molecular weight is 920 g/mol. The minimum absolute atomic E-state index is 0.00674. The number of fused-ring (bicyclic) bond motifs is 5. The first-order valence-corrected chi connectivity index (χ1v) is 23.8. The molecule has 6 fully saturated rings. The van der Waals surface area contributed by atoms with Crippen LogP contribution < -0.4 is 16.0 Å². The lowest BCUT2D eigenvalue weighted by Gasteiger charge is -2.56. The molecule has 12 rings (SSSR count). The van der Waals surface area contributed by atoms with Crippen LogP contribution in [0.15, 0.2) is 85.5 Å². The molecule has 8 heterocycles. The number of likely N-dealkylation sites (tertiary alicyclic amines) is 1. The van der Waals surface area contributed by atoms with E-state index in [9.17, 15) is 33.9 Å². The molecule has 5 aromatic rings. The summed E-state index contributed by atoms with van der Waals surface area (Å²) in [6, 6.07) is 20.8. The topological polar surface area (TPSA) is 215 Å². The lowest BCUT2D eigenvalue weighted by atomic mass is 9.83. The van der Waals surface area contributed by atoms with Crippen molar-refractivity contribution in [3.8, 4) is 0 Å². The molecule has 0 spiro atoms. The van der Waals surface area contributed by atoms with E-state index >= 15 is 0 Å². The van der Waals surface area contributed by atoms with Crippen molar-refractivity contribution >= 4 is 58.2 Å². The van der Waals surface area contributed by atoms with Gasteiger partial charge >= 0.3 is 5.97 Å². The summed E-state index contributed by atoms with van der Waals surface area (Å²) < 4.78 is 2.08. The Morgan fingerprint density at radius 2 is 1.59 bits per heavy atom. The van der Waals surface area contributed by atoms with Crippen LogP contribution in [0.5, 0.6) is 0 Å². The van der Waals surface area contributed by atoms with Crippen LogP contribution >= 0.6 is 0 Å². The number of hydrogen-bond acceptors (Lipinski definition) is 13. The number of rotatable bonds is 13. The van der Waals surface area contributed by atoms with Crippen molar-refractivity contribution in [3.05, 3.63) is 113 Å². The summed E-state index contributed by atoms with van der Waals surface area (Å²) in [5.41, 5.74) is 4.89. The molecular weight excluding hydrogens is 867 g/mol. The molecule has 3 atom stereocenters. The Balaban J connectivity index is 0.723. The van der Waals surface area contributed by atoms with Crippen molar-refractivity contribution < 1.29 is 33.9 Å². The number of carbonyl (C=O) groups is 6. The zero-order valence-corrected chi connectivity index (χ0v) is 37.5. The second kappa shape index (κ2) is 18.0. The number of carboxylic acid groups (broad SMARTS) is 1. The van der Waals surface area contributed by atoms with Crippen LogP contribution in [0, 0.1) is 5.92 Å². The Morgan fingerprint density at radius 3 is 2.32 bits per heavy atom. The maximum Gasteiger partial charge on any atom is 0.326 e. The largest absolute Gasteiger partial charge is 0.480 e. The highest BCUT2D eigenvalue weighted by atomic mass is 16.4. The molecule has 6 aliphatic heterocycles. The Morgan fingerprint density at radius 1 is 0.824 bits per heavy atom. The summed E-state index contributed by atoms with van der Waals surface area (Å²) in [6.45, 7) is 3.76. The molecule has 5 saturated heterocycles. The molecule has 3 aromatic carbocycles. The SMILES string of the molecule is O=C1CC[C@H](N2C(=O)c3cccc([C@@H](C(=O)O)N4[C@H](CN5CCC(c6ccc(Nc7ncnc8c7ncn8C7CC(NC(=O)Cc8ccccc8)C7)cc6)CC5)C5CCN4CC5)c3C2=O)C(=O)N1. The fourth-order valence-electron chi connectivity index (χ4n) is 11.6. The van der Waals surface area contributed by atoms with E-state index in [0.29, 0.717) is 43.3 Å². The number of imide groups is 2. The van der Waals surface area contributed by atoms with Crippen LogP contribution in [0.3, 0.4) is 0 Å². The van der Waals surface area contributed by atoms with Crippen LogP contribution in [0.2, 0.25) is 0 Å². The number of nitrogens with one attached hydrogen (secondary N) is 3. The monoisotopic (exact) mass is 919 g/mol. The van der Waals surface area contributed by atoms with Gasteiger partial charge in [-0.1, -0.05) is 54.6 Å². The molecule has 350 valence electrons. The van der Waals surface area contributed by atoms with Gasteiger partial charge in [0.2, 0.25) is 17.7 Å². The number of carboxylic acids is 1. The van der Waals surface area contributed by atoms with E-state index in [1.54, 1.807) is 18.5 Å². The van der Waals surface area contributed by atoms with Gasteiger partial charge in [0.15, 0.2) is 17.0 Å². The smallest absolute Gasteiger partial charge is 0.326 e. The van der Waals surface area contributed by atoms with Crippen molar-refractivity contribution in [1.29, 1.82) is 0 Å². The fourth-order valence-corrected chi connectivity index (χ4v) is 11.6. The zero-order chi connectivity index (χ0) is 46.6. The summed E-state index contributed by atoms with van der Waals surface area (Å²) in [4.78, 5) is 95.7. The molecule has 18 nitrogen and oxygen atoms in total. The van der Waals surface area contributed by atoms with Gasteiger partial charge in [-0.2, -0.15) is 0 Å². The van der Waals surface area contributed by atoms with E-state index < -0.39 is 41.7 Å². The van der Waals surface area contributed by atoms with Crippen LogP contribution in [0.4, 0.5) is 11.5 Å². The van der Waals surface area contributed by atoms with Crippen LogP contribution in [0.1, 0.15) is 107 Å². The maximum absolute atomic E-state index is 14.1. The zero-order valence-electron chi connectivity index (χ0n) is 37.5. The molecule has 5 amide bonds. The molecule has 18 heteroatoms. The van der Waals surface area contributed by atoms with E-state index in [1.165, 1.54) is 11.6 Å². The number of amides is 5. The van der Waals surface area contributed by atoms with Crippen LogP contribution in [0.25, 0.3) is 11.2 Å². The summed E-state index contributed by atoms with van der Waals surface area (Å²) in [5.74, 6) is -2.39. The molecule has 0 radical (unpaired) electrons. The first-order chi connectivity index (χ1) is 33.1. The Hall–Kier alpha value is -6.89. The van der Waals surface area contributed by atoms with Gasteiger partial charge in [0, 0.05) is 49.9 Å². The first-order valence-electron chi connectivity index (χ1n) is 23.8. The number of aromatic nitrogens is 4. The number of hydrogen-bond donors (Lipinski definition) is 4. The van der Waals surface area contributed by atoms with Crippen molar-refractivity contribution in [1.82, 2.24) is 50.0 Å². The summed E-state index contributed by atoms with van der Waals surface area (Å²) in [5, 5.41) is 23.9. The molecule has 7 aliphatic rings. The molecule has 1 aliphatic carbocycles. The predicted octanol–water partition coefficient (Wildman–Crippen LogP) is 4.35. The predicted molar refractivity (Wildman–Crippen MR) is 247 cm³/mol. The number of anilines is 2. The normalized spacial score (nSPS) is 25.8. The van der Waals surface area contributed by atoms with E-state index in [-0.39, 0.29) is 59.5 Å². The average Bonchev–Trinajstić information content (AvgIpc) is 3.87. The highest BCUT2D eigenvalue weighted by molar-refractivity contribution is 6.24. The fraction of sp³-hybridized carbons (Fsp3) is 0.420. The van der Waals surface area contributed by atoms with Crippen LogP contribution in [-0.4, -0.2) is 131 Å². The lowest BCUT2D eigenvalue weighted by Crippen LogP contribution is -2.66. The van der Waals surface area contributed by atoms with Crippen LogP contribution in [-0.2, 0) is 25.6 Å². The number of hydrazine groups is 1. The van der Waals surface area contributed by atoms with Gasteiger partial charge in [0.1, 0.15) is 18.4 Å². The maximum atomic E-state index is 14.1. The number of benzene rings is 3. The third kappa shape index (κ3) is 8.09. The van der Waals surface area contributed by atoms with E-state index in [4.69, 9.17) is 4.98 Å². The minimum Gasteiger partial charge on any atom is -0.480 e. The third-order valence-electron chi connectivity index (χ3n) is 15.1. The Bertz CT molecular complexity index is 2800. The van der Waals surface area contributed by atoms with E-state index in [2.05, 4.69) is 64.7 Å². The van der Waals surface area contributed by atoms with Crippen molar-refractivity contribution in [2.45, 2.75) is 93.9 Å². The number of carbonyl (C=O) groups excluding carboxylic acids is 5. The van der Waals surface area contributed by atoms with Crippen molar-refractivity contribution in [3.63, 3.8) is 0 Å². The second-order valence-corrected chi connectivity index (χ2v) is 19.1. The number of imidazole rings is 1. The van der Waals surface area contributed by atoms with Crippen molar-refractivity contribution in [2.24, 2.45) is 5.92 Å². The Kier molecular flexibility index (Phi) is 11.5. The van der Waals surface area contributed by atoms with Gasteiger partial charge in [0.25, 0.3) is 11.8 Å². The highest BCUT2D eigenvalue weighted by Crippen LogP contribution is 2.43. The molecule has 4 N–H and O–H groups in total. The molecular formula is C50H53N11O7. The van der Waals surface area contributed by atoms with E-state index in [0.717, 1.165) is 73.4 Å². The highest BCUT2D eigenvalue weighted by Gasteiger charge is 2.51. The van der Waals surface area contributed by atoms with Gasteiger partial charge < -0.3 is 25.2 Å². The molecule has 0 unspecified atom stereocenters. The lowest BCUT2D eigenvalue weighted by molar-refractivity contribution is -0.196. The molecule has 2 aromatic heterocycles. The first kappa shape index (κ1) is 43.7. The molecule has 2 bridgehead atoms. The Labute approximate surface area is 392 Å². The number of piperidine rings is 3. The number of aliphatic carboxylic acids is 1. The quantitative estimate of drug-likeness (QED) is 0.121.